The van der Waals surface area contributed by atoms with E-state index in [0.29, 0.717) is 12.5 Å². The molecule has 0 spiro atoms. The summed E-state index contributed by atoms with van der Waals surface area (Å²) in [7, 11) is 0. The molecule has 1 rings (SSSR count). The van der Waals surface area contributed by atoms with Gasteiger partial charge in [0.15, 0.2) is 0 Å². The fraction of sp³-hybridized carbons (Fsp3) is 0.900. The summed E-state index contributed by atoms with van der Waals surface area (Å²) in [5, 5.41) is 8.93. The van der Waals surface area contributed by atoms with Crippen molar-refractivity contribution < 1.29 is 14.6 Å². The summed E-state index contributed by atoms with van der Waals surface area (Å²) in [5.74, 6) is 0.340. The molecule has 1 aliphatic rings. The fourth-order valence-corrected chi connectivity index (χ4v) is 1.12. The van der Waals surface area contributed by atoms with Gasteiger partial charge in [-0.1, -0.05) is 13.8 Å². The van der Waals surface area contributed by atoms with Crippen molar-refractivity contribution in [3.05, 3.63) is 0 Å². The molecule has 0 saturated heterocycles. The lowest BCUT2D eigenvalue weighted by molar-refractivity contribution is -0.152. The number of hydrogen-bond acceptors (Lipinski definition) is 3. The van der Waals surface area contributed by atoms with E-state index in [1.165, 1.54) is 0 Å². The number of carbonyl (C=O) groups is 1. The molecule has 0 aromatic carbocycles. The Bertz CT molecular complexity index is 183. The van der Waals surface area contributed by atoms with Crippen molar-refractivity contribution in [1.29, 1.82) is 0 Å². The summed E-state index contributed by atoms with van der Waals surface area (Å²) >= 11 is 0. The number of rotatable bonds is 5. The predicted octanol–water partition coefficient (Wildman–Crippen LogP) is 1.35. The molecule has 13 heavy (non-hydrogen) atoms. The second-order valence-corrected chi connectivity index (χ2v) is 4.26. The average molecular weight is 186 g/mol. The van der Waals surface area contributed by atoms with E-state index in [-0.39, 0.29) is 12.6 Å². The number of hydrogen-bond donors (Lipinski definition) is 1. The molecular formula is C10H18O3. The van der Waals surface area contributed by atoms with E-state index < -0.39 is 5.41 Å². The zero-order valence-corrected chi connectivity index (χ0v) is 8.38. The van der Waals surface area contributed by atoms with Crippen LogP contribution < -0.4 is 0 Å². The summed E-state index contributed by atoms with van der Waals surface area (Å²) < 4.78 is 5.07. The summed E-state index contributed by atoms with van der Waals surface area (Å²) in [6, 6.07) is 0. The van der Waals surface area contributed by atoms with Crippen LogP contribution in [0.1, 0.15) is 33.1 Å². The van der Waals surface area contributed by atoms with Crippen LogP contribution >= 0.6 is 0 Å². The average Bonchev–Trinajstić information content (AvgIpc) is 2.83. The van der Waals surface area contributed by atoms with Gasteiger partial charge in [-0.3, -0.25) is 4.79 Å². The summed E-state index contributed by atoms with van der Waals surface area (Å²) in [5.41, 5.74) is -0.517. The van der Waals surface area contributed by atoms with Gasteiger partial charge in [-0.15, -0.1) is 0 Å². The number of aliphatic hydroxyl groups is 1. The zero-order valence-electron chi connectivity index (χ0n) is 8.38. The highest BCUT2D eigenvalue weighted by Crippen LogP contribution is 2.46. The normalized spacial score (nSPS) is 18.8. The third-order valence-corrected chi connectivity index (χ3v) is 2.52. The highest BCUT2D eigenvalue weighted by Gasteiger charge is 2.50. The molecule has 0 aliphatic heterocycles. The smallest absolute Gasteiger partial charge is 0.314 e. The van der Waals surface area contributed by atoms with Crippen LogP contribution in [0.15, 0.2) is 0 Å². The van der Waals surface area contributed by atoms with Crippen molar-refractivity contribution in [3.8, 4) is 0 Å². The zero-order chi connectivity index (χ0) is 9.90. The first kappa shape index (κ1) is 10.5. The number of carbonyl (C=O) groups excluding carboxylic acids is 1. The number of esters is 1. The van der Waals surface area contributed by atoms with Crippen molar-refractivity contribution in [2.24, 2.45) is 11.3 Å². The van der Waals surface area contributed by atoms with Gasteiger partial charge in [0.25, 0.3) is 0 Å². The van der Waals surface area contributed by atoms with Gasteiger partial charge >= 0.3 is 5.97 Å². The molecule has 0 aromatic heterocycles. The van der Waals surface area contributed by atoms with Crippen LogP contribution in [0.5, 0.6) is 0 Å². The lowest BCUT2D eigenvalue weighted by Crippen LogP contribution is -2.23. The molecule has 1 saturated carbocycles. The molecule has 1 fully saturated rings. The monoisotopic (exact) mass is 186 g/mol. The molecule has 0 bridgehead atoms. The Morgan fingerprint density at radius 2 is 2.15 bits per heavy atom. The number of aliphatic hydroxyl groups excluding tert-OH is 1. The van der Waals surface area contributed by atoms with E-state index in [9.17, 15) is 4.79 Å². The maximum absolute atomic E-state index is 11.4. The Morgan fingerprint density at radius 3 is 2.54 bits per heavy atom. The molecule has 3 heteroatoms. The summed E-state index contributed by atoms with van der Waals surface area (Å²) in [6.07, 6.45) is 2.46. The predicted molar refractivity (Wildman–Crippen MR) is 49.2 cm³/mol. The van der Waals surface area contributed by atoms with E-state index in [0.717, 1.165) is 19.3 Å². The van der Waals surface area contributed by atoms with Crippen LogP contribution in [0.4, 0.5) is 0 Å². The molecule has 76 valence electrons. The molecule has 0 unspecified atom stereocenters. The molecule has 0 heterocycles. The first-order valence-corrected chi connectivity index (χ1v) is 4.89. The van der Waals surface area contributed by atoms with Gasteiger partial charge in [-0.25, -0.2) is 0 Å². The van der Waals surface area contributed by atoms with Crippen LogP contribution in [0.25, 0.3) is 0 Å². The fourth-order valence-electron chi connectivity index (χ4n) is 1.12. The topological polar surface area (TPSA) is 46.5 Å². The van der Waals surface area contributed by atoms with Crippen molar-refractivity contribution in [1.82, 2.24) is 0 Å². The Balaban J connectivity index is 2.18. The van der Waals surface area contributed by atoms with Gasteiger partial charge in [0.2, 0.25) is 0 Å². The van der Waals surface area contributed by atoms with Crippen LogP contribution in [-0.4, -0.2) is 24.3 Å². The Morgan fingerprint density at radius 1 is 1.54 bits per heavy atom. The summed E-state index contributed by atoms with van der Waals surface area (Å²) in [6.45, 7) is 4.60. The lowest BCUT2D eigenvalue weighted by atomic mass is 10.1. The molecular weight excluding hydrogens is 168 g/mol. The molecule has 0 amide bonds. The van der Waals surface area contributed by atoms with E-state index in [2.05, 4.69) is 13.8 Å². The SMILES string of the molecule is CC(C)CCOC(=O)C1(CO)CC1. The van der Waals surface area contributed by atoms with Crippen LogP contribution in [0.3, 0.4) is 0 Å². The van der Waals surface area contributed by atoms with Gasteiger partial charge < -0.3 is 9.84 Å². The van der Waals surface area contributed by atoms with Crippen molar-refractivity contribution in [3.63, 3.8) is 0 Å². The van der Waals surface area contributed by atoms with Gasteiger partial charge in [-0.05, 0) is 25.2 Å². The van der Waals surface area contributed by atoms with Crippen molar-refractivity contribution in [2.45, 2.75) is 33.1 Å². The molecule has 1 N–H and O–H groups in total. The second kappa shape index (κ2) is 4.09. The van der Waals surface area contributed by atoms with Gasteiger partial charge in [-0.2, -0.15) is 0 Å². The minimum Gasteiger partial charge on any atom is -0.465 e. The Hall–Kier alpha value is -0.570. The quantitative estimate of drug-likeness (QED) is 0.659. The largest absolute Gasteiger partial charge is 0.465 e. The molecule has 0 atom stereocenters. The Kier molecular flexibility index (Phi) is 3.31. The molecule has 0 aromatic rings. The minimum atomic E-state index is -0.517. The van der Waals surface area contributed by atoms with Gasteiger partial charge in [0.1, 0.15) is 0 Å². The standard InChI is InChI=1S/C10H18O3/c1-8(2)3-6-13-9(12)10(7-11)4-5-10/h8,11H,3-7H2,1-2H3. The highest BCUT2D eigenvalue weighted by molar-refractivity contribution is 5.79. The van der Waals surface area contributed by atoms with Crippen LogP contribution in [-0.2, 0) is 9.53 Å². The van der Waals surface area contributed by atoms with E-state index in [1.54, 1.807) is 0 Å². The first-order chi connectivity index (χ1) is 6.10. The van der Waals surface area contributed by atoms with Crippen LogP contribution in [0, 0.1) is 11.3 Å². The first-order valence-electron chi connectivity index (χ1n) is 4.89. The molecule has 3 nitrogen and oxygen atoms in total. The maximum atomic E-state index is 11.4. The lowest BCUT2D eigenvalue weighted by Gasteiger charge is -2.11. The Labute approximate surface area is 79.1 Å². The van der Waals surface area contributed by atoms with E-state index in [4.69, 9.17) is 9.84 Å². The molecule has 1 aliphatic carbocycles. The van der Waals surface area contributed by atoms with E-state index >= 15 is 0 Å². The second-order valence-electron chi connectivity index (χ2n) is 4.26. The van der Waals surface area contributed by atoms with Crippen molar-refractivity contribution >= 4 is 5.97 Å². The molecule has 0 radical (unpaired) electrons. The van der Waals surface area contributed by atoms with Gasteiger partial charge in [0, 0.05) is 0 Å². The third-order valence-electron chi connectivity index (χ3n) is 2.52. The summed E-state index contributed by atoms with van der Waals surface area (Å²) in [4.78, 5) is 11.4. The number of ether oxygens (including phenoxy) is 1. The maximum Gasteiger partial charge on any atom is 0.314 e. The highest BCUT2D eigenvalue weighted by atomic mass is 16.5. The third kappa shape index (κ3) is 2.69. The van der Waals surface area contributed by atoms with Crippen LogP contribution in [0.2, 0.25) is 0 Å². The van der Waals surface area contributed by atoms with Gasteiger partial charge in [0.05, 0.1) is 18.6 Å². The minimum absolute atomic E-state index is 0.0620. The van der Waals surface area contributed by atoms with Crippen molar-refractivity contribution in [2.75, 3.05) is 13.2 Å². The van der Waals surface area contributed by atoms with E-state index in [1.807, 2.05) is 0 Å².